The number of nitrogens with two attached hydrogens (primary N) is 1. The summed E-state index contributed by atoms with van der Waals surface area (Å²) in [5.41, 5.74) is 7.77. The molecule has 20 heavy (non-hydrogen) atoms. The molecule has 2 rings (SSSR count). The van der Waals surface area contributed by atoms with Crippen LogP contribution in [0.4, 0.5) is 11.5 Å². The Hall–Kier alpha value is -1.75. The van der Waals surface area contributed by atoms with E-state index >= 15 is 0 Å². The van der Waals surface area contributed by atoms with Gasteiger partial charge in [0.25, 0.3) is 0 Å². The normalized spacial score (nSPS) is 11.9. The number of nitrogens with zero attached hydrogens (tertiary/aromatic N) is 3. The van der Waals surface area contributed by atoms with Gasteiger partial charge in [0.1, 0.15) is 5.69 Å². The van der Waals surface area contributed by atoms with Crippen molar-refractivity contribution in [2.24, 2.45) is 0 Å². The van der Waals surface area contributed by atoms with E-state index in [9.17, 15) is 0 Å². The predicted molar refractivity (Wildman–Crippen MR) is 85.1 cm³/mol. The number of rotatable bonds is 6. The van der Waals surface area contributed by atoms with Gasteiger partial charge in [-0.05, 0) is 39.8 Å². The van der Waals surface area contributed by atoms with Crippen LogP contribution in [0.3, 0.4) is 0 Å². The molecule has 5 nitrogen and oxygen atoms in total. The average molecular weight is 275 g/mol. The third-order valence-electron chi connectivity index (χ3n) is 3.57. The molecule has 2 aromatic heterocycles. The highest BCUT2D eigenvalue weighted by atomic mass is 15.3. The third kappa shape index (κ3) is 3.04. The Morgan fingerprint density at radius 1 is 1.25 bits per heavy atom. The molecule has 0 bridgehead atoms. The number of hydrogen-bond acceptors (Lipinski definition) is 4. The molecule has 2 aromatic rings. The van der Waals surface area contributed by atoms with Crippen LogP contribution in [0.5, 0.6) is 0 Å². The lowest BCUT2D eigenvalue weighted by Gasteiger charge is -2.30. The number of hydrogen-bond donors (Lipinski definition) is 2. The summed E-state index contributed by atoms with van der Waals surface area (Å²) < 4.78 is 1.81. The molecular formula is C15H25N5. The summed E-state index contributed by atoms with van der Waals surface area (Å²) in [5, 5.41) is 7.80. The van der Waals surface area contributed by atoms with Gasteiger partial charge < -0.3 is 11.1 Å². The van der Waals surface area contributed by atoms with Gasteiger partial charge in [-0.15, -0.1) is 5.10 Å². The highest BCUT2D eigenvalue weighted by molar-refractivity contribution is 5.80. The van der Waals surface area contributed by atoms with E-state index in [1.54, 1.807) is 4.52 Å². The van der Waals surface area contributed by atoms with Crippen LogP contribution in [0.2, 0.25) is 0 Å². The van der Waals surface area contributed by atoms with E-state index in [1.807, 2.05) is 24.4 Å². The molecule has 0 unspecified atom stereocenters. The Bertz CT molecular complexity index is 550. The van der Waals surface area contributed by atoms with Crippen LogP contribution < -0.4 is 11.1 Å². The highest BCUT2D eigenvalue weighted by Gasteiger charge is 2.13. The molecule has 0 radical (unpaired) electrons. The molecule has 0 saturated carbocycles. The summed E-state index contributed by atoms with van der Waals surface area (Å²) in [6, 6.07) is 6.96. The summed E-state index contributed by atoms with van der Waals surface area (Å²) >= 11 is 0. The van der Waals surface area contributed by atoms with Crippen LogP contribution in [0, 0.1) is 0 Å². The fourth-order valence-electron chi connectivity index (χ4n) is 2.56. The molecule has 5 heteroatoms. The van der Waals surface area contributed by atoms with Crippen molar-refractivity contribution >= 4 is 17.0 Å². The van der Waals surface area contributed by atoms with Gasteiger partial charge in [0.2, 0.25) is 0 Å². The summed E-state index contributed by atoms with van der Waals surface area (Å²) in [6.07, 6.45) is 1.91. The van der Waals surface area contributed by atoms with E-state index in [2.05, 4.69) is 43.0 Å². The van der Waals surface area contributed by atoms with Gasteiger partial charge in [-0.3, -0.25) is 4.90 Å². The Balaban J connectivity index is 2.01. The molecule has 110 valence electrons. The SMILES string of the molecule is CC(C)N(CCNc1nn2ccccc2c1N)C(C)C. The van der Waals surface area contributed by atoms with Crippen LogP contribution >= 0.6 is 0 Å². The Morgan fingerprint density at radius 3 is 2.55 bits per heavy atom. The van der Waals surface area contributed by atoms with E-state index < -0.39 is 0 Å². The monoisotopic (exact) mass is 275 g/mol. The van der Waals surface area contributed by atoms with Crippen molar-refractivity contribution < 1.29 is 0 Å². The van der Waals surface area contributed by atoms with Crippen LogP contribution in [0.1, 0.15) is 27.7 Å². The lowest BCUT2D eigenvalue weighted by atomic mass is 10.2. The molecule has 0 aromatic carbocycles. The van der Waals surface area contributed by atoms with E-state index in [-0.39, 0.29) is 0 Å². The maximum atomic E-state index is 6.12. The maximum absolute atomic E-state index is 6.12. The molecule has 0 fully saturated rings. The zero-order valence-electron chi connectivity index (χ0n) is 12.8. The van der Waals surface area contributed by atoms with Gasteiger partial charge in [0.15, 0.2) is 5.82 Å². The van der Waals surface area contributed by atoms with Crippen LogP contribution in [0.15, 0.2) is 24.4 Å². The van der Waals surface area contributed by atoms with Crippen molar-refractivity contribution in [3.63, 3.8) is 0 Å². The van der Waals surface area contributed by atoms with Gasteiger partial charge in [0.05, 0.1) is 5.52 Å². The van der Waals surface area contributed by atoms with Gasteiger partial charge in [-0.1, -0.05) is 6.07 Å². The van der Waals surface area contributed by atoms with Crippen LogP contribution in [-0.4, -0.2) is 39.7 Å². The third-order valence-corrected chi connectivity index (χ3v) is 3.57. The largest absolute Gasteiger partial charge is 0.394 e. The zero-order valence-corrected chi connectivity index (χ0v) is 12.8. The number of anilines is 2. The number of nitrogen functional groups attached to an aromatic ring is 1. The van der Waals surface area contributed by atoms with Crippen molar-refractivity contribution in [3.8, 4) is 0 Å². The van der Waals surface area contributed by atoms with E-state index in [0.29, 0.717) is 17.8 Å². The molecule has 0 amide bonds. The van der Waals surface area contributed by atoms with Crippen LogP contribution in [-0.2, 0) is 0 Å². The number of fused-ring (bicyclic) bond motifs is 1. The maximum Gasteiger partial charge on any atom is 0.172 e. The summed E-state index contributed by atoms with van der Waals surface area (Å²) in [5.74, 6) is 0.767. The summed E-state index contributed by atoms with van der Waals surface area (Å²) in [6.45, 7) is 10.7. The number of nitrogens with one attached hydrogen (secondary N) is 1. The Morgan fingerprint density at radius 2 is 1.95 bits per heavy atom. The minimum Gasteiger partial charge on any atom is -0.394 e. The first kappa shape index (κ1) is 14.7. The van der Waals surface area contributed by atoms with Crippen LogP contribution in [0.25, 0.3) is 5.52 Å². The van der Waals surface area contributed by atoms with E-state index in [0.717, 1.165) is 24.4 Å². The average Bonchev–Trinajstić information content (AvgIpc) is 2.71. The lowest BCUT2D eigenvalue weighted by molar-refractivity contribution is 0.182. The molecule has 3 N–H and O–H groups in total. The highest BCUT2D eigenvalue weighted by Crippen LogP contribution is 2.22. The Labute approximate surface area is 120 Å². The molecule has 0 spiro atoms. The quantitative estimate of drug-likeness (QED) is 0.850. The van der Waals surface area contributed by atoms with Gasteiger partial charge in [0, 0.05) is 31.4 Å². The lowest BCUT2D eigenvalue weighted by Crippen LogP contribution is -2.40. The standard InChI is InChI=1S/C15H25N5/c1-11(2)19(12(3)4)10-8-17-15-14(16)13-7-5-6-9-20(13)18-15/h5-7,9,11-12H,8,10,16H2,1-4H3,(H,17,18). The van der Waals surface area contributed by atoms with Gasteiger partial charge in [-0.2, -0.15) is 0 Å². The van der Waals surface area contributed by atoms with Gasteiger partial charge in [-0.25, -0.2) is 4.52 Å². The molecule has 0 aliphatic rings. The second kappa shape index (κ2) is 6.13. The topological polar surface area (TPSA) is 58.6 Å². The van der Waals surface area contributed by atoms with Crippen molar-refractivity contribution in [2.45, 2.75) is 39.8 Å². The second-order valence-electron chi connectivity index (χ2n) is 5.64. The van der Waals surface area contributed by atoms with Gasteiger partial charge >= 0.3 is 0 Å². The molecule has 0 aliphatic carbocycles. The van der Waals surface area contributed by atoms with Crippen molar-refractivity contribution in [3.05, 3.63) is 24.4 Å². The Kier molecular flexibility index (Phi) is 4.49. The first-order valence-electron chi connectivity index (χ1n) is 7.23. The molecule has 0 saturated heterocycles. The van der Waals surface area contributed by atoms with Crippen molar-refractivity contribution in [1.29, 1.82) is 0 Å². The summed E-state index contributed by atoms with van der Waals surface area (Å²) in [4.78, 5) is 2.44. The van der Waals surface area contributed by atoms with Crippen molar-refractivity contribution in [1.82, 2.24) is 14.5 Å². The smallest absolute Gasteiger partial charge is 0.172 e. The number of pyridine rings is 1. The first-order chi connectivity index (χ1) is 9.50. The second-order valence-corrected chi connectivity index (χ2v) is 5.64. The zero-order chi connectivity index (χ0) is 14.7. The molecule has 0 atom stereocenters. The van der Waals surface area contributed by atoms with Crippen molar-refractivity contribution in [2.75, 3.05) is 24.1 Å². The molecule has 0 aliphatic heterocycles. The molecular weight excluding hydrogens is 250 g/mol. The van der Waals surface area contributed by atoms with E-state index in [4.69, 9.17) is 5.73 Å². The minimum atomic E-state index is 0.537. The predicted octanol–water partition coefficient (Wildman–Crippen LogP) is 2.45. The number of aromatic nitrogens is 2. The first-order valence-corrected chi connectivity index (χ1v) is 7.23. The summed E-state index contributed by atoms with van der Waals surface area (Å²) in [7, 11) is 0. The fraction of sp³-hybridized carbons (Fsp3) is 0.533. The van der Waals surface area contributed by atoms with E-state index in [1.165, 1.54) is 0 Å². The minimum absolute atomic E-state index is 0.537. The molecule has 2 heterocycles. The fourth-order valence-corrected chi connectivity index (χ4v) is 2.56.